The fourth-order valence-electron chi connectivity index (χ4n) is 4.25. The van der Waals surface area contributed by atoms with Crippen LogP contribution in [0.1, 0.15) is 38.5 Å². The molecule has 2 atom stereocenters. The van der Waals surface area contributed by atoms with Crippen LogP contribution in [0.2, 0.25) is 0 Å². The second-order valence-corrected chi connectivity index (χ2v) is 7.63. The van der Waals surface area contributed by atoms with Gasteiger partial charge in [0, 0.05) is 17.4 Å². The van der Waals surface area contributed by atoms with E-state index >= 15 is 0 Å². The number of benzene rings is 3. The lowest BCUT2D eigenvalue weighted by molar-refractivity contribution is -0.137. The molecule has 156 valence electrons. The van der Waals surface area contributed by atoms with Crippen LogP contribution in [0.4, 0.5) is 0 Å². The van der Waals surface area contributed by atoms with Crippen LogP contribution in [-0.4, -0.2) is 25.7 Å². The Labute approximate surface area is 182 Å². The third kappa shape index (κ3) is 4.15. The summed E-state index contributed by atoms with van der Waals surface area (Å²) in [4.78, 5) is 25.4. The molecular formula is C27H24O4. The van der Waals surface area contributed by atoms with Crippen LogP contribution in [0.3, 0.4) is 0 Å². The van der Waals surface area contributed by atoms with Gasteiger partial charge < -0.3 is 9.47 Å². The standard InChI is InChI=1S/C27H24O4/c1-18-10-6-8-14-21(18)25-22-15-9-7-13-20(22)16-23(27(29)30-2)24(25)17-31-26(28)19-11-4-3-5-12-19/h3-16,24-25H,17H2,1-2H3/t24-,25-/m0/s1. The van der Waals surface area contributed by atoms with E-state index in [1.54, 1.807) is 24.3 Å². The summed E-state index contributed by atoms with van der Waals surface area (Å²) in [6.45, 7) is 2.13. The minimum atomic E-state index is -0.410. The molecule has 4 rings (SSSR count). The molecule has 0 unspecified atom stereocenters. The van der Waals surface area contributed by atoms with Gasteiger partial charge in [0.2, 0.25) is 0 Å². The fourth-order valence-corrected chi connectivity index (χ4v) is 4.25. The van der Waals surface area contributed by atoms with Crippen molar-refractivity contribution in [3.63, 3.8) is 0 Å². The summed E-state index contributed by atoms with van der Waals surface area (Å²) in [5.74, 6) is -1.32. The van der Waals surface area contributed by atoms with Crippen molar-refractivity contribution < 1.29 is 19.1 Å². The lowest BCUT2D eigenvalue weighted by Gasteiger charge is -2.34. The first-order valence-corrected chi connectivity index (χ1v) is 10.3. The monoisotopic (exact) mass is 412 g/mol. The minimum absolute atomic E-state index is 0.0714. The Morgan fingerprint density at radius 3 is 2.16 bits per heavy atom. The van der Waals surface area contributed by atoms with Crippen molar-refractivity contribution in [2.75, 3.05) is 13.7 Å². The largest absolute Gasteiger partial charge is 0.466 e. The van der Waals surface area contributed by atoms with Crippen LogP contribution in [0, 0.1) is 12.8 Å². The van der Waals surface area contributed by atoms with Crippen molar-refractivity contribution >= 4 is 18.0 Å². The molecule has 31 heavy (non-hydrogen) atoms. The third-order valence-corrected chi connectivity index (χ3v) is 5.79. The number of aryl methyl sites for hydroxylation is 1. The summed E-state index contributed by atoms with van der Waals surface area (Å²) in [6, 6.07) is 25.0. The predicted octanol–water partition coefficient (Wildman–Crippen LogP) is 5.17. The number of hydrogen-bond donors (Lipinski definition) is 0. The highest BCUT2D eigenvalue weighted by molar-refractivity contribution is 5.96. The molecule has 0 spiro atoms. The Hall–Kier alpha value is -3.66. The van der Waals surface area contributed by atoms with Crippen LogP contribution in [-0.2, 0) is 14.3 Å². The molecule has 0 radical (unpaired) electrons. The maximum Gasteiger partial charge on any atom is 0.338 e. The van der Waals surface area contributed by atoms with Gasteiger partial charge in [0.1, 0.15) is 0 Å². The van der Waals surface area contributed by atoms with Gasteiger partial charge in [-0.15, -0.1) is 0 Å². The first-order valence-electron chi connectivity index (χ1n) is 10.3. The normalized spacial score (nSPS) is 17.3. The molecule has 1 aliphatic rings. The molecule has 3 aromatic carbocycles. The molecule has 4 heteroatoms. The molecule has 1 aliphatic carbocycles. The van der Waals surface area contributed by atoms with Crippen LogP contribution in [0.15, 0.2) is 84.4 Å². The average molecular weight is 412 g/mol. The third-order valence-electron chi connectivity index (χ3n) is 5.79. The van der Waals surface area contributed by atoms with Gasteiger partial charge in [-0.05, 0) is 47.4 Å². The topological polar surface area (TPSA) is 52.6 Å². The smallest absolute Gasteiger partial charge is 0.338 e. The quantitative estimate of drug-likeness (QED) is 0.543. The molecule has 0 aliphatic heterocycles. The zero-order chi connectivity index (χ0) is 21.8. The highest BCUT2D eigenvalue weighted by Gasteiger charge is 2.37. The van der Waals surface area contributed by atoms with Crippen LogP contribution in [0.5, 0.6) is 0 Å². The van der Waals surface area contributed by atoms with Crippen LogP contribution in [0.25, 0.3) is 6.08 Å². The van der Waals surface area contributed by atoms with Crippen molar-refractivity contribution in [3.8, 4) is 0 Å². The Kier molecular flexibility index (Phi) is 5.99. The molecule has 3 aromatic rings. The van der Waals surface area contributed by atoms with Gasteiger partial charge in [-0.3, -0.25) is 0 Å². The maximum absolute atomic E-state index is 12.7. The second-order valence-electron chi connectivity index (χ2n) is 7.63. The Morgan fingerprint density at radius 1 is 0.806 bits per heavy atom. The summed E-state index contributed by atoms with van der Waals surface area (Å²) in [7, 11) is 1.37. The molecule has 0 N–H and O–H groups in total. The number of esters is 2. The number of hydrogen-bond acceptors (Lipinski definition) is 4. The molecule has 0 aromatic heterocycles. The van der Waals surface area contributed by atoms with Crippen molar-refractivity contribution in [3.05, 3.63) is 112 Å². The molecule has 0 amide bonds. The van der Waals surface area contributed by atoms with Gasteiger partial charge in [-0.1, -0.05) is 66.7 Å². The number of carbonyl (C=O) groups is 2. The van der Waals surface area contributed by atoms with E-state index in [-0.39, 0.29) is 18.4 Å². The van der Waals surface area contributed by atoms with Gasteiger partial charge in [-0.2, -0.15) is 0 Å². The lowest BCUT2D eigenvalue weighted by atomic mass is 9.71. The summed E-state index contributed by atoms with van der Waals surface area (Å²) >= 11 is 0. The number of methoxy groups -OCH3 is 1. The van der Waals surface area contributed by atoms with E-state index in [0.29, 0.717) is 11.1 Å². The highest BCUT2D eigenvalue weighted by Crippen LogP contribution is 2.44. The van der Waals surface area contributed by atoms with E-state index in [9.17, 15) is 9.59 Å². The summed E-state index contributed by atoms with van der Waals surface area (Å²) in [5.41, 5.74) is 5.29. The molecule has 0 saturated heterocycles. The van der Waals surface area contributed by atoms with Gasteiger partial charge in [0.05, 0.1) is 19.3 Å². The minimum Gasteiger partial charge on any atom is -0.466 e. The summed E-state index contributed by atoms with van der Waals surface area (Å²) in [5, 5.41) is 0. The number of carbonyl (C=O) groups excluding carboxylic acids is 2. The zero-order valence-electron chi connectivity index (χ0n) is 17.6. The van der Waals surface area contributed by atoms with E-state index in [1.807, 2.05) is 42.5 Å². The Balaban J connectivity index is 1.77. The predicted molar refractivity (Wildman–Crippen MR) is 120 cm³/mol. The Bertz CT molecular complexity index is 1130. The molecule has 0 saturated carbocycles. The SMILES string of the molecule is COC(=O)C1=Cc2ccccc2[C@H](c2ccccc2C)[C@H]1COC(=O)c1ccccc1. The van der Waals surface area contributed by atoms with Crippen LogP contribution >= 0.6 is 0 Å². The fraction of sp³-hybridized carbons (Fsp3) is 0.185. The average Bonchev–Trinajstić information content (AvgIpc) is 2.82. The van der Waals surface area contributed by atoms with Crippen molar-refractivity contribution in [2.24, 2.45) is 5.92 Å². The van der Waals surface area contributed by atoms with E-state index in [4.69, 9.17) is 9.47 Å². The number of ether oxygens (including phenoxy) is 2. The van der Waals surface area contributed by atoms with E-state index in [2.05, 4.69) is 25.1 Å². The first-order chi connectivity index (χ1) is 15.1. The molecular weight excluding hydrogens is 388 g/mol. The highest BCUT2D eigenvalue weighted by atomic mass is 16.5. The van der Waals surface area contributed by atoms with Crippen LogP contribution < -0.4 is 0 Å². The van der Waals surface area contributed by atoms with Crippen molar-refractivity contribution in [2.45, 2.75) is 12.8 Å². The van der Waals surface area contributed by atoms with Crippen molar-refractivity contribution in [1.82, 2.24) is 0 Å². The first kappa shape index (κ1) is 20.6. The van der Waals surface area contributed by atoms with Crippen molar-refractivity contribution in [1.29, 1.82) is 0 Å². The van der Waals surface area contributed by atoms with Gasteiger partial charge in [0.15, 0.2) is 0 Å². The Morgan fingerprint density at radius 2 is 1.45 bits per heavy atom. The summed E-state index contributed by atoms with van der Waals surface area (Å²) < 4.78 is 10.8. The molecule has 0 heterocycles. The molecule has 0 bridgehead atoms. The van der Waals surface area contributed by atoms with Gasteiger partial charge in [-0.25, -0.2) is 9.59 Å². The number of rotatable bonds is 5. The van der Waals surface area contributed by atoms with Gasteiger partial charge in [0.25, 0.3) is 0 Å². The lowest BCUT2D eigenvalue weighted by Crippen LogP contribution is -2.30. The zero-order valence-corrected chi connectivity index (χ0v) is 17.6. The molecule has 0 fully saturated rings. The molecule has 4 nitrogen and oxygen atoms in total. The second kappa shape index (κ2) is 9.00. The van der Waals surface area contributed by atoms with E-state index in [1.165, 1.54) is 7.11 Å². The maximum atomic E-state index is 12.7. The number of fused-ring (bicyclic) bond motifs is 1. The van der Waals surface area contributed by atoms with Gasteiger partial charge >= 0.3 is 11.9 Å². The van der Waals surface area contributed by atoms with E-state index in [0.717, 1.165) is 22.3 Å². The summed E-state index contributed by atoms with van der Waals surface area (Å²) in [6.07, 6.45) is 1.86. The van der Waals surface area contributed by atoms with E-state index < -0.39 is 11.9 Å².